The SMILES string of the molecule is CC(C)[C@H](NC(=O)OCc1ccccc1)C(=O)C[C@@H](Cc1ccc(F)cc1)C(=O)O. The molecule has 2 rings (SSSR count). The number of amides is 1. The van der Waals surface area contributed by atoms with Crippen LogP contribution in [-0.2, 0) is 27.4 Å². The van der Waals surface area contributed by atoms with Gasteiger partial charge in [-0.05, 0) is 35.6 Å². The molecule has 0 unspecified atom stereocenters. The number of alkyl carbamates (subject to hydrolysis) is 1. The van der Waals surface area contributed by atoms with Crippen LogP contribution in [0.15, 0.2) is 54.6 Å². The zero-order valence-electron chi connectivity index (χ0n) is 17.0. The summed E-state index contributed by atoms with van der Waals surface area (Å²) >= 11 is 0. The lowest BCUT2D eigenvalue weighted by Gasteiger charge is -2.22. The highest BCUT2D eigenvalue weighted by Gasteiger charge is 2.30. The number of hydrogen-bond donors (Lipinski definition) is 2. The Bertz CT molecular complexity index is 852. The van der Waals surface area contributed by atoms with Crippen molar-refractivity contribution >= 4 is 17.8 Å². The van der Waals surface area contributed by atoms with Crippen molar-refractivity contribution in [1.29, 1.82) is 0 Å². The number of carbonyl (C=O) groups excluding carboxylic acids is 2. The number of Topliss-reactive ketones (excluding diaryl/α,β-unsaturated/α-hetero) is 1. The van der Waals surface area contributed by atoms with Crippen molar-refractivity contribution in [1.82, 2.24) is 5.32 Å². The Balaban J connectivity index is 1.97. The summed E-state index contributed by atoms with van der Waals surface area (Å²) in [5, 5.41) is 12.1. The Labute approximate surface area is 175 Å². The average Bonchev–Trinajstić information content (AvgIpc) is 2.71. The lowest BCUT2D eigenvalue weighted by atomic mass is 9.89. The molecule has 0 heterocycles. The molecule has 0 saturated heterocycles. The Morgan fingerprint density at radius 3 is 2.20 bits per heavy atom. The van der Waals surface area contributed by atoms with E-state index in [-0.39, 0.29) is 25.4 Å². The van der Waals surface area contributed by atoms with Gasteiger partial charge < -0.3 is 15.2 Å². The van der Waals surface area contributed by atoms with Crippen molar-refractivity contribution in [3.63, 3.8) is 0 Å². The van der Waals surface area contributed by atoms with Crippen molar-refractivity contribution in [2.45, 2.75) is 39.3 Å². The van der Waals surface area contributed by atoms with Crippen LogP contribution in [0.2, 0.25) is 0 Å². The van der Waals surface area contributed by atoms with Gasteiger partial charge in [0.15, 0.2) is 5.78 Å². The van der Waals surface area contributed by atoms with Gasteiger partial charge in [0.05, 0.1) is 12.0 Å². The van der Waals surface area contributed by atoms with Gasteiger partial charge >= 0.3 is 12.1 Å². The predicted octanol–water partition coefficient (Wildman–Crippen LogP) is 3.98. The van der Waals surface area contributed by atoms with Gasteiger partial charge in [-0.3, -0.25) is 9.59 Å². The van der Waals surface area contributed by atoms with Crippen LogP contribution in [0.4, 0.5) is 9.18 Å². The Morgan fingerprint density at radius 2 is 1.63 bits per heavy atom. The third kappa shape index (κ3) is 7.31. The molecule has 160 valence electrons. The van der Waals surface area contributed by atoms with E-state index < -0.39 is 35.6 Å². The van der Waals surface area contributed by atoms with Gasteiger partial charge in [-0.15, -0.1) is 0 Å². The molecule has 0 saturated carbocycles. The van der Waals surface area contributed by atoms with E-state index >= 15 is 0 Å². The number of nitrogens with one attached hydrogen (secondary N) is 1. The number of ketones is 1. The molecule has 1 amide bonds. The van der Waals surface area contributed by atoms with E-state index in [0.717, 1.165) is 5.56 Å². The minimum Gasteiger partial charge on any atom is -0.481 e. The molecule has 2 N–H and O–H groups in total. The van der Waals surface area contributed by atoms with Crippen molar-refractivity contribution in [2.24, 2.45) is 11.8 Å². The van der Waals surface area contributed by atoms with E-state index in [1.54, 1.807) is 13.8 Å². The fraction of sp³-hybridized carbons (Fsp3) is 0.348. The standard InChI is InChI=1S/C23H26FNO5/c1-15(2)21(25-23(29)30-14-17-6-4-3-5-7-17)20(26)13-18(22(27)28)12-16-8-10-19(24)11-9-16/h3-11,15,18,21H,12-14H2,1-2H3,(H,25,29)(H,27,28)/t18-,21+/m1/s1. The maximum atomic E-state index is 13.1. The second kappa shape index (κ2) is 11.1. The normalized spacial score (nSPS) is 12.8. The van der Waals surface area contributed by atoms with Crippen LogP contribution in [0.25, 0.3) is 0 Å². The summed E-state index contributed by atoms with van der Waals surface area (Å²) in [5.41, 5.74) is 1.43. The largest absolute Gasteiger partial charge is 0.481 e. The number of carboxylic acids is 1. The maximum absolute atomic E-state index is 13.1. The topological polar surface area (TPSA) is 92.7 Å². The van der Waals surface area contributed by atoms with Crippen LogP contribution >= 0.6 is 0 Å². The highest BCUT2D eigenvalue weighted by molar-refractivity contribution is 5.90. The quantitative estimate of drug-likeness (QED) is 0.612. The number of ether oxygens (including phenoxy) is 1. The molecule has 2 aromatic carbocycles. The lowest BCUT2D eigenvalue weighted by molar-refractivity contribution is -0.144. The van der Waals surface area contributed by atoms with E-state index in [9.17, 15) is 23.9 Å². The lowest BCUT2D eigenvalue weighted by Crippen LogP contribution is -2.45. The van der Waals surface area contributed by atoms with Crippen molar-refractivity contribution in [3.8, 4) is 0 Å². The molecule has 0 aliphatic heterocycles. The molecule has 0 aromatic heterocycles. The molecule has 0 radical (unpaired) electrons. The van der Waals surface area contributed by atoms with Gasteiger partial charge in [0.2, 0.25) is 0 Å². The zero-order valence-corrected chi connectivity index (χ0v) is 17.0. The summed E-state index contributed by atoms with van der Waals surface area (Å²) in [6, 6.07) is 13.7. The molecule has 0 aliphatic carbocycles. The number of carboxylic acid groups (broad SMARTS) is 1. The van der Waals surface area contributed by atoms with Crippen LogP contribution in [0.1, 0.15) is 31.4 Å². The van der Waals surface area contributed by atoms with Crippen molar-refractivity contribution in [2.75, 3.05) is 0 Å². The first-order valence-corrected chi connectivity index (χ1v) is 9.73. The molecule has 6 nitrogen and oxygen atoms in total. The monoisotopic (exact) mass is 415 g/mol. The van der Waals surface area contributed by atoms with Crippen molar-refractivity contribution in [3.05, 3.63) is 71.5 Å². The molecule has 2 atom stereocenters. The highest BCUT2D eigenvalue weighted by Crippen LogP contribution is 2.17. The highest BCUT2D eigenvalue weighted by atomic mass is 19.1. The third-order valence-corrected chi connectivity index (χ3v) is 4.69. The Kier molecular flexibility index (Phi) is 8.53. The van der Waals surface area contributed by atoms with Gasteiger partial charge in [-0.25, -0.2) is 9.18 Å². The predicted molar refractivity (Wildman–Crippen MR) is 109 cm³/mol. The molecular weight excluding hydrogens is 389 g/mol. The summed E-state index contributed by atoms with van der Waals surface area (Å²) in [4.78, 5) is 36.5. The smallest absolute Gasteiger partial charge is 0.408 e. The average molecular weight is 415 g/mol. The van der Waals surface area contributed by atoms with Gasteiger partial charge in [-0.1, -0.05) is 56.3 Å². The number of aliphatic carboxylic acids is 1. The summed E-state index contributed by atoms with van der Waals surface area (Å²) in [7, 11) is 0. The second-order valence-corrected chi connectivity index (χ2v) is 7.46. The number of benzene rings is 2. The first kappa shape index (κ1) is 23.1. The molecule has 0 fully saturated rings. The molecule has 7 heteroatoms. The van der Waals surface area contributed by atoms with E-state index in [4.69, 9.17) is 4.74 Å². The summed E-state index contributed by atoms with van der Waals surface area (Å²) in [5.74, 6) is -3.16. The summed E-state index contributed by atoms with van der Waals surface area (Å²) < 4.78 is 18.2. The summed E-state index contributed by atoms with van der Waals surface area (Å²) in [6.07, 6.45) is -0.907. The fourth-order valence-corrected chi connectivity index (χ4v) is 3.03. The van der Waals surface area contributed by atoms with Gasteiger partial charge in [0.1, 0.15) is 12.4 Å². The first-order valence-electron chi connectivity index (χ1n) is 9.73. The number of halogens is 1. The second-order valence-electron chi connectivity index (χ2n) is 7.46. The Hall–Kier alpha value is -3.22. The number of carbonyl (C=O) groups is 3. The third-order valence-electron chi connectivity index (χ3n) is 4.69. The van der Waals surface area contributed by atoms with Crippen LogP contribution in [0.5, 0.6) is 0 Å². The Morgan fingerprint density at radius 1 is 1.00 bits per heavy atom. The van der Waals surface area contributed by atoms with E-state index in [1.807, 2.05) is 30.3 Å². The van der Waals surface area contributed by atoms with Crippen LogP contribution in [0, 0.1) is 17.7 Å². The zero-order chi connectivity index (χ0) is 22.1. The molecule has 0 bridgehead atoms. The first-order chi connectivity index (χ1) is 14.3. The molecule has 30 heavy (non-hydrogen) atoms. The molecular formula is C23H26FNO5. The molecule has 2 aromatic rings. The van der Waals surface area contributed by atoms with Crippen LogP contribution < -0.4 is 5.32 Å². The van der Waals surface area contributed by atoms with E-state index in [2.05, 4.69) is 5.32 Å². The van der Waals surface area contributed by atoms with E-state index in [0.29, 0.717) is 5.56 Å². The maximum Gasteiger partial charge on any atom is 0.408 e. The molecule has 0 aliphatic rings. The van der Waals surface area contributed by atoms with Crippen LogP contribution in [-0.4, -0.2) is 29.0 Å². The number of hydrogen-bond acceptors (Lipinski definition) is 4. The minimum atomic E-state index is -1.12. The van der Waals surface area contributed by atoms with Gasteiger partial charge in [0.25, 0.3) is 0 Å². The fourth-order valence-electron chi connectivity index (χ4n) is 3.03. The minimum absolute atomic E-state index is 0.0635. The summed E-state index contributed by atoms with van der Waals surface area (Å²) in [6.45, 7) is 3.58. The van der Waals surface area contributed by atoms with Crippen molar-refractivity contribution < 1.29 is 28.6 Å². The molecule has 0 spiro atoms. The van der Waals surface area contributed by atoms with Crippen LogP contribution in [0.3, 0.4) is 0 Å². The van der Waals surface area contributed by atoms with E-state index in [1.165, 1.54) is 24.3 Å². The van der Waals surface area contributed by atoms with Gasteiger partial charge in [-0.2, -0.15) is 0 Å². The van der Waals surface area contributed by atoms with Gasteiger partial charge in [0, 0.05) is 6.42 Å². The number of rotatable bonds is 10.